The molecule has 182 valence electrons. The molecule has 10 nitrogen and oxygen atoms in total. The molecular weight excluding hydrogens is 518 g/mol. The second-order valence-corrected chi connectivity index (χ2v) is 8.36. The zero-order chi connectivity index (χ0) is 25.2. The van der Waals surface area contributed by atoms with Gasteiger partial charge in [-0.15, -0.1) is 0 Å². The number of para-hydroxylation sites is 1. The maximum Gasteiger partial charge on any atom is 0.348 e. The number of aryl methyl sites for hydroxylation is 1. The second kappa shape index (κ2) is 12.6. The van der Waals surface area contributed by atoms with E-state index in [4.69, 9.17) is 9.47 Å². The number of carbonyl (C=O) groups is 1. The van der Waals surface area contributed by atoms with Crippen LogP contribution >= 0.6 is 15.9 Å². The van der Waals surface area contributed by atoms with Gasteiger partial charge in [0, 0.05) is 24.1 Å². The van der Waals surface area contributed by atoms with Gasteiger partial charge in [-0.05, 0) is 59.1 Å². The van der Waals surface area contributed by atoms with Crippen LogP contribution in [0.25, 0.3) is 0 Å². The molecule has 0 unspecified atom stereocenters. The quantitative estimate of drug-likeness (QED) is 0.108. The highest BCUT2D eigenvalue weighted by atomic mass is 79.9. The predicted molar refractivity (Wildman–Crippen MR) is 135 cm³/mol. The summed E-state index contributed by atoms with van der Waals surface area (Å²) in [7, 11) is 0. The van der Waals surface area contributed by atoms with Gasteiger partial charge in [-0.3, -0.25) is 10.1 Å². The maximum absolute atomic E-state index is 12.7. The number of hydrogen-bond donors (Lipinski definition) is 1. The Hall–Kier alpha value is -3.86. The average molecular weight is 542 g/mol. The summed E-state index contributed by atoms with van der Waals surface area (Å²) in [6.45, 7) is 4.15. The molecule has 3 rings (SSSR count). The average Bonchev–Trinajstić information content (AvgIpc) is 2.84. The summed E-state index contributed by atoms with van der Waals surface area (Å²) in [5.41, 5.74) is 1.14. The Labute approximate surface area is 210 Å². The molecule has 2 aromatic carbocycles. The molecule has 2 amide bonds. The maximum atomic E-state index is 12.7. The van der Waals surface area contributed by atoms with Crippen molar-refractivity contribution in [3.63, 3.8) is 0 Å². The summed E-state index contributed by atoms with van der Waals surface area (Å²) in [6, 6.07) is 10.5. The van der Waals surface area contributed by atoms with Crippen molar-refractivity contribution in [2.75, 3.05) is 11.9 Å². The van der Waals surface area contributed by atoms with Crippen LogP contribution in [0.3, 0.4) is 0 Å². The molecule has 0 spiro atoms. The minimum atomic E-state index is -0.724. The van der Waals surface area contributed by atoms with Crippen molar-refractivity contribution in [1.82, 2.24) is 9.97 Å². The molecule has 0 aliphatic heterocycles. The van der Waals surface area contributed by atoms with E-state index in [1.54, 1.807) is 42.7 Å². The molecule has 11 heteroatoms. The molecule has 1 heterocycles. The third kappa shape index (κ3) is 7.57. The minimum absolute atomic E-state index is 0.102. The molecule has 0 saturated carbocycles. The number of hydrogen-bond acceptors (Lipinski definition) is 7. The zero-order valence-electron chi connectivity index (χ0n) is 19.2. The van der Waals surface area contributed by atoms with Crippen LogP contribution in [0.2, 0.25) is 0 Å². The third-order valence-electron chi connectivity index (χ3n) is 4.75. The summed E-state index contributed by atoms with van der Waals surface area (Å²) in [6.07, 6.45) is 5.79. The van der Waals surface area contributed by atoms with E-state index >= 15 is 0 Å². The van der Waals surface area contributed by atoms with E-state index in [9.17, 15) is 14.9 Å². The fraction of sp³-hybridized carbons (Fsp3) is 0.250. The van der Waals surface area contributed by atoms with Gasteiger partial charge >= 0.3 is 12.0 Å². The van der Waals surface area contributed by atoms with Crippen LogP contribution in [0, 0.1) is 17.0 Å². The smallest absolute Gasteiger partial charge is 0.348 e. The highest BCUT2D eigenvalue weighted by Crippen LogP contribution is 2.26. The monoisotopic (exact) mass is 541 g/mol. The number of aliphatic imine (C=N–C) groups is 1. The Morgan fingerprint density at radius 1 is 1.17 bits per heavy atom. The van der Waals surface area contributed by atoms with Crippen molar-refractivity contribution < 1.29 is 19.2 Å². The van der Waals surface area contributed by atoms with E-state index in [2.05, 4.69) is 43.1 Å². The topological polar surface area (TPSA) is 129 Å². The van der Waals surface area contributed by atoms with Crippen LogP contribution in [0.15, 0.2) is 64.3 Å². The summed E-state index contributed by atoms with van der Waals surface area (Å²) >= 11 is 3.27. The van der Waals surface area contributed by atoms with E-state index < -0.39 is 11.0 Å². The van der Waals surface area contributed by atoms with Gasteiger partial charge in [0.25, 0.3) is 5.69 Å². The largest absolute Gasteiger partial charge is 0.477 e. The van der Waals surface area contributed by atoms with Gasteiger partial charge in [-0.2, -0.15) is 4.99 Å². The van der Waals surface area contributed by atoms with E-state index in [0.717, 1.165) is 29.3 Å². The highest BCUT2D eigenvalue weighted by Gasteiger charge is 2.20. The second-order valence-electron chi connectivity index (χ2n) is 7.44. The first kappa shape index (κ1) is 25.8. The number of aromatic nitrogens is 2. The summed E-state index contributed by atoms with van der Waals surface area (Å²) in [5, 5.41) is 14.1. The third-order valence-corrected chi connectivity index (χ3v) is 5.15. The van der Waals surface area contributed by atoms with Crippen LogP contribution in [0.5, 0.6) is 11.8 Å². The van der Waals surface area contributed by atoms with Gasteiger partial charge < -0.3 is 14.8 Å². The number of urea groups is 1. The molecule has 0 aliphatic carbocycles. The Morgan fingerprint density at radius 2 is 1.91 bits per heavy atom. The number of unbranched alkanes of at least 4 members (excludes halogenated alkanes) is 2. The standard InChI is InChI=1S/C24H24BrN5O5/c1-3-4-7-12-34-22(19-8-5-6-9-20(19)30(32)33)29-23(31)28-18-10-11-21(16(2)13-18)35-24-26-14-17(25)15-27-24/h5-6,8-11,13-15H,3-4,7,12H2,1-2H3,(H,28,31)/b29-22-. The van der Waals surface area contributed by atoms with E-state index in [1.165, 1.54) is 12.1 Å². The number of rotatable bonds is 9. The number of nitro benzene ring substituents is 1. The highest BCUT2D eigenvalue weighted by molar-refractivity contribution is 9.10. The van der Waals surface area contributed by atoms with Crippen molar-refractivity contribution >= 4 is 39.2 Å². The van der Waals surface area contributed by atoms with E-state index in [1.807, 2.05) is 6.92 Å². The van der Waals surface area contributed by atoms with Crippen LogP contribution in [-0.2, 0) is 4.74 Å². The molecule has 0 aliphatic rings. The van der Waals surface area contributed by atoms with Gasteiger partial charge in [0.05, 0.1) is 16.0 Å². The SMILES string of the molecule is CCCCCO/C(=N\C(=O)Nc1ccc(Oc2ncc(Br)cn2)c(C)c1)c1ccccc1[N+](=O)[O-]. The number of carbonyl (C=O) groups excluding carboxylic acids is 1. The van der Waals surface area contributed by atoms with Gasteiger partial charge in [0.1, 0.15) is 11.3 Å². The molecule has 0 fully saturated rings. The van der Waals surface area contributed by atoms with Crippen molar-refractivity contribution in [2.24, 2.45) is 4.99 Å². The van der Waals surface area contributed by atoms with Crippen LogP contribution in [0.4, 0.5) is 16.2 Å². The van der Waals surface area contributed by atoms with E-state index in [0.29, 0.717) is 11.4 Å². The van der Waals surface area contributed by atoms with Gasteiger partial charge in [-0.1, -0.05) is 31.9 Å². The Bertz CT molecular complexity index is 1220. The van der Waals surface area contributed by atoms with Crippen molar-refractivity contribution in [3.8, 4) is 11.8 Å². The summed E-state index contributed by atoms with van der Waals surface area (Å²) in [4.78, 5) is 35.8. The number of nitrogens with one attached hydrogen (secondary N) is 1. The molecule has 3 aromatic rings. The van der Waals surface area contributed by atoms with Gasteiger partial charge in [0.15, 0.2) is 0 Å². The van der Waals surface area contributed by atoms with Crippen molar-refractivity contribution in [1.29, 1.82) is 0 Å². The predicted octanol–water partition coefficient (Wildman–Crippen LogP) is 6.43. The molecule has 35 heavy (non-hydrogen) atoms. The van der Waals surface area contributed by atoms with Crippen LogP contribution in [-0.4, -0.2) is 33.4 Å². The lowest BCUT2D eigenvalue weighted by atomic mass is 10.2. The molecule has 1 N–H and O–H groups in total. The summed E-state index contributed by atoms with van der Waals surface area (Å²) < 4.78 is 12.1. The lowest BCUT2D eigenvalue weighted by molar-refractivity contribution is -0.385. The molecule has 0 saturated heterocycles. The normalized spacial score (nSPS) is 11.1. The molecular formula is C24H24BrN5O5. The minimum Gasteiger partial charge on any atom is -0.477 e. The molecule has 0 radical (unpaired) electrons. The molecule has 0 atom stereocenters. The summed E-state index contributed by atoms with van der Waals surface area (Å²) in [5.74, 6) is 0.420. The fourth-order valence-corrected chi connectivity index (χ4v) is 3.25. The number of halogens is 1. The lowest BCUT2D eigenvalue weighted by Gasteiger charge is -2.11. The lowest BCUT2D eigenvalue weighted by Crippen LogP contribution is -2.16. The number of nitro groups is 1. The molecule has 0 bridgehead atoms. The first-order valence-electron chi connectivity index (χ1n) is 10.9. The van der Waals surface area contributed by atoms with Crippen LogP contribution < -0.4 is 10.1 Å². The van der Waals surface area contributed by atoms with Crippen molar-refractivity contribution in [3.05, 3.63) is 80.6 Å². The Kier molecular flexibility index (Phi) is 9.24. The molecule has 1 aromatic heterocycles. The first-order chi connectivity index (χ1) is 16.9. The number of ether oxygens (including phenoxy) is 2. The van der Waals surface area contributed by atoms with Gasteiger partial charge in [-0.25, -0.2) is 14.8 Å². The number of amides is 2. The Morgan fingerprint density at radius 3 is 2.60 bits per heavy atom. The van der Waals surface area contributed by atoms with Gasteiger partial charge in [0.2, 0.25) is 5.90 Å². The zero-order valence-corrected chi connectivity index (χ0v) is 20.8. The van der Waals surface area contributed by atoms with Crippen LogP contribution in [0.1, 0.15) is 37.3 Å². The van der Waals surface area contributed by atoms with E-state index in [-0.39, 0.29) is 29.8 Å². The Balaban J connectivity index is 1.77. The first-order valence-corrected chi connectivity index (χ1v) is 11.7. The number of nitrogens with zero attached hydrogens (tertiary/aromatic N) is 4. The fourth-order valence-electron chi connectivity index (χ4n) is 3.04. The number of benzene rings is 2. The number of anilines is 1. The van der Waals surface area contributed by atoms with Crippen molar-refractivity contribution in [2.45, 2.75) is 33.1 Å².